The van der Waals surface area contributed by atoms with Crippen LogP contribution in [0.5, 0.6) is 5.88 Å². The highest BCUT2D eigenvalue weighted by Crippen LogP contribution is 2.31. The van der Waals surface area contributed by atoms with E-state index in [1.165, 1.54) is 0 Å². The second-order valence-electron chi connectivity index (χ2n) is 8.34. The molecule has 0 aliphatic heterocycles. The van der Waals surface area contributed by atoms with Gasteiger partial charge >= 0.3 is 5.69 Å². The van der Waals surface area contributed by atoms with E-state index in [-0.39, 0.29) is 11.6 Å². The molecule has 33 heavy (non-hydrogen) atoms. The number of imidazole rings is 1. The number of aryl methyl sites for hydroxylation is 1. The summed E-state index contributed by atoms with van der Waals surface area (Å²) < 4.78 is 23.8. The molecule has 0 unspecified atom stereocenters. The van der Waals surface area contributed by atoms with E-state index >= 15 is 0 Å². The van der Waals surface area contributed by atoms with Gasteiger partial charge < -0.3 is 9.64 Å². The molecule has 1 aliphatic rings. The molecule has 5 rings (SSSR count). The zero-order valence-corrected chi connectivity index (χ0v) is 18.7. The van der Waals surface area contributed by atoms with E-state index in [4.69, 9.17) is 4.74 Å². The van der Waals surface area contributed by atoms with Gasteiger partial charge in [0.1, 0.15) is 0 Å². The maximum Gasteiger partial charge on any atom is 0.333 e. The molecule has 0 saturated carbocycles. The van der Waals surface area contributed by atoms with Gasteiger partial charge in [-0.2, -0.15) is 9.37 Å². The number of hydrogen-bond donors (Lipinski definition) is 0. The fourth-order valence-corrected chi connectivity index (χ4v) is 4.01. The Morgan fingerprint density at radius 2 is 2.00 bits per heavy atom. The zero-order chi connectivity index (χ0) is 23.1. The molecule has 4 aromatic rings. The molecule has 7 nitrogen and oxygen atoms in total. The van der Waals surface area contributed by atoms with Crippen molar-refractivity contribution in [2.75, 3.05) is 27.2 Å². The number of hydrogen-bond acceptors (Lipinski definition) is 5. The number of halogens is 1. The second-order valence-corrected chi connectivity index (χ2v) is 8.34. The van der Waals surface area contributed by atoms with Crippen molar-refractivity contribution in [3.8, 4) is 17.0 Å². The van der Waals surface area contributed by atoms with Crippen LogP contribution in [0.25, 0.3) is 38.8 Å². The fourth-order valence-electron chi connectivity index (χ4n) is 4.01. The summed E-state index contributed by atoms with van der Waals surface area (Å²) >= 11 is 0. The molecule has 0 atom stereocenters. The van der Waals surface area contributed by atoms with Gasteiger partial charge in [-0.05, 0) is 56.4 Å². The van der Waals surface area contributed by atoms with Crippen LogP contribution in [0.4, 0.5) is 4.39 Å². The van der Waals surface area contributed by atoms with Crippen LogP contribution in [0.2, 0.25) is 0 Å². The Bertz CT molecular complexity index is 1500. The Kier molecular flexibility index (Phi) is 5.30. The maximum atomic E-state index is 14.9. The van der Waals surface area contributed by atoms with Gasteiger partial charge in [-0.1, -0.05) is 12.1 Å². The third kappa shape index (κ3) is 3.72. The van der Waals surface area contributed by atoms with Gasteiger partial charge in [-0.15, -0.1) is 0 Å². The largest absolute Gasteiger partial charge is 0.478 e. The minimum absolute atomic E-state index is 0.149. The number of allylic oxidation sites excluding steroid dienone is 4. The van der Waals surface area contributed by atoms with Crippen LogP contribution in [0.3, 0.4) is 0 Å². The van der Waals surface area contributed by atoms with Crippen LogP contribution in [0.15, 0.2) is 59.6 Å². The highest BCUT2D eigenvalue weighted by Gasteiger charge is 2.19. The highest BCUT2D eigenvalue weighted by atomic mass is 19.1. The third-order valence-corrected chi connectivity index (χ3v) is 5.81. The molecule has 8 heteroatoms. The Labute approximate surface area is 190 Å². The van der Waals surface area contributed by atoms with Crippen LogP contribution in [0.1, 0.15) is 6.42 Å². The lowest BCUT2D eigenvalue weighted by Gasteiger charge is -2.12. The monoisotopic (exact) mass is 445 g/mol. The van der Waals surface area contributed by atoms with Crippen LogP contribution in [-0.2, 0) is 7.05 Å². The molecule has 3 heterocycles. The van der Waals surface area contributed by atoms with Crippen molar-refractivity contribution in [1.82, 2.24) is 24.0 Å². The molecule has 1 aliphatic carbocycles. The Hall–Kier alpha value is -3.78. The first kappa shape index (κ1) is 21.1. The van der Waals surface area contributed by atoms with Gasteiger partial charge in [0, 0.05) is 30.6 Å². The van der Waals surface area contributed by atoms with E-state index in [0.717, 1.165) is 35.1 Å². The summed E-state index contributed by atoms with van der Waals surface area (Å²) in [5.41, 5.74) is 3.87. The van der Waals surface area contributed by atoms with Gasteiger partial charge in [0.05, 0.1) is 35.1 Å². The van der Waals surface area contributed by atoms with E-state index in [1.807, 2.05) is 50.5 Å². The Balaban J connectivity index is 1.55. The van der Waals surface area contributed by atoms with Gasteiger partial charge in [0.15, 0.2) is 0 Å². The molecule has 168 valence electrons. The zero-order valence-electron chi connectivity index (χ0n) is 18.7. The molecule has 3 aromatic heterocycles. The van der Waals surface area contributed by atoms with Crippen LogP contribution in [-0.4, -0.2) is 51.2 Å². The second kappa shape index (κ2) is 8.29. The van der Waals surface area contributed by atoms with Crippen LogP contribution < -0.4 is 10.4 Å². The topological polar surface area (TPSA) is 65.2 Å². The van der Waals surface area contributed by atoms with Crippen molar-refractivity contribution in [3.63, 3.8) is 0 Å². The van der Waals surface area contributed by atoms with Crippen molar-refractivity contribution < 1.29 is 9.13 Å². The lowest BCUT2D eigenvalue weighted by molar-refractivity contribution is 0.270. The lowest BCUT2D eigenvalue weighted by Crippen LogP contribution is -2.22. The van der Waals surface area contributed by atoms with Crippen molar-refractivity contribution in [2.24, 2.45) is 7.05 Å². The van der Waals surface area contributed by atoms with E-state index in [2.05, 4.69) is 14.9 Å². The summed E-state index contributed by atoms with van der Waals surface area (Å²) in [6.45, 7) is 1.36. The number of rotatable bonds is 7. The fraction of sp³-hybridized carbons (Fsp3) is 0.240. The first-order valence-corrected chi connectivity index (χ1v) is 10.8. The quantitative estimate of drug-likeness (QED) is 0.320. The summed E-state index contributed by atoms with van der Waals surface area (Å²) in [6, 6.07) is 8.86. The average Bonchev–Trinajstić information content (AvgIpc) is 3.01. The lowest BCUT2D eigenvalue weighted by atomic mass is 10.0. The minimum atomic E-state index is -0.602. The van der Waals surface area contributed by atoms with Crippen molar-refractivity contribution in [3.05, 3.63) is 71.2 Å². The number of aromatic nitrogens is 4. The molecule has 0 saturated heterocycles. The summed E-state index contributed by atoms with van der Waals surface area (Å²) in [6.07, 6.45) is 8.19. The van der Waals surface area contributed by atoms with Gasteiger partial charge in [-0.3, -0.25) is 14.1 Å². The Morgan fingerprint density at radius 1 is 1.18 bits per heavy atom. The number of nitrogens with zero attached hydrogens (tertiary/aromatic N) is 5. The molecule has 0 spiro atoms. The van der Waals surface area contributed by atoms with E-state index in [0.29, 0.717) is 23.3 Å². The normalized spacial score (nSPS) is 13.1. The standard InChI is InChI=1S/C25H24FN5O2/c1-29(2)12-5-13-33-22-11-9-18(24(26)28-22)16-8-10-20-19(14-16)23-21(15-27-20)30(3)25(32)31(23)17-6-4-7-17/h4,6-11,14-15H,5,12-13H2,1-3H3. The number of fused-ring (bicyclic) bond motifs is 3. The predicted molar refractivity (Wildman–Crippen MR) is 128 cm³/mol. The summed E-state index contributed by atoms with van der Waals surface area (Å²) in [7, 11) is 5.71. The average molecular weight is 445 g/mol. The number of pyridine rings is 2. The molecule has 1 aromatic carbocycles. The molecule has 0 fully saturated rings. The van der Waals surface area contributed by atoms with E-state index < -0.39 is 5.95 Å². The summed E-state index contributed by atoms with van der Waals surface area (Å²) in [4.78, 5) is 23.5. The molecule has 0 radical (unpaired) electrons. The summed E-state index contributed by atoms with van der Waals surface area (Å²) in [5.74, 6) is -0.338. The Morgan fingerprint density at radius 3 is 2.70 bits per heavy atom. The van der Waals surface area contributed by atoms with Crippen LogP contribution in [0, 0.1) is 5.95 Å². The molecule has 0 amide bonds. The molecular formula is C25H24FN5O2. The van der Waals surface area contributed by atoms with E-state index in [1.54, 1.807) is 34.5 Å². The van der Waals surface area contributed by atoms with Gasteiger partial charge in [0.2, 0.25) is 11.8 Å². The molecule has 0 bridgehead atoms. The van der Waals surface area contributed by atoms with Gasteiger partial charge in [-0.25, -0.2) is 4.79 Å². The first-order valence-electron chi connectivity index (χ1n) is 10.8. The van der Waals surface area contributed by atoms with Crippen molar-refractivity contribution in [1.29, 1.82) is 0 Å². The molecular weight excluding hydrogens is 421 g/mol. The smallest absolute Gasteiger partial charge is 0.333 e. The summed E-state index contributed by atoms with van der Waals surface area (Å²) in [5, 5.41) is 0.771. The van der Waals surface area contributed by atoms with E-state index in [9.17, 15) is 9.18 Å². The highest BCUT2D eigenvalue weighted by molar-refractivity contribution is 6.05. The SMILES string of the molecule is CN(C)CCCOc1ccc(-c2ccc3ncc4c(c3c2)n(C2=CC=C2)c(=O)n4C)c(F)n1. The predicted octanol–water partition coefficient (Wildman–Crippen LogP) is 3.83. The minimum Gasteiger partial charge on any atom is -0.478 e. The van der Waals surface area contributed by atoms with Crippen molar-refractivity contribution in [2.45, 2.75) is 6.42 Å². The molecule has 0 N–H and O–H groups in total. The van der Waals surface area contributed by atoms with Gasteiger partial charge in [0.25, 0.3) is 0 Å². The maximum absolute atomic E-state index is 14.9. The number of benzene rings is 1. The number of ether oxygens (including phenoxy) is 1. The van der Waals surface area contributed by atoms with Crippen molar-refractivity contribution >= 4 is 27.6 Å². The van der Waals surface area contributed by atoms with Crippen LogP contribution >= 0.6 is 0 Å². The first-order chi connectivity index (χ1) is 15.9. The third-order valence-electron chi connectivity index (χ3n) is 5.81.